The van der Waals surface area contributed by atoms with Gasteiger partial charge in [-0.15, -0.1) is 0 Å². The topological polar surface area (TPSA) is 44.4 Å². The van der Waals surface area contributed by atoms with Gasteiger partial charge in [-0.1, -0.05) is 80.3 Å². The highest BCUT2D eigenvalue weighted by Gasteiger charge is 2.20. The molecule has 36 heavy (non-hydrogen) atoms. The van der Waals surface area contributed by atoms with Crippen LogP contribution in [0.25, 0.3) is 17.0 Å². The Morgan fingerprint density at radius 1 is 0.917 bits per heavy atom. The van der Waals surface area contributed by atoms with Crippen LogP contribution in [0.4, 0.5) is 5.69 Å². The van der Waals surface area contributed by atoms with Gasteiger partial charge < -0.3 is 10.0 Å². The predicted molar refractivity (Wildman–Crippen MR) is 151 cm³/mol. The van der Waals surface area contributed by atoms with Crippen molar-refractivity contribution in [2.45, 2.75) is 69.2 Å². The number of anilines is 1. The van der Waals surface area contributed by atoms with E-state index in [0.29, 0.717) is 6.42 Å². The van der Waals surface area contributed by atoms with E-state index in [0.717, 1.165) is 25.8 Å². The Hall–Kier alpha value is -3.05. The predicted octanol–water partition coefficient (Wildman–Crippen LogP) is 7.82. The average Bonchev–Trinajstić information content (AvgIpc) is 3.21. The van der Waals surface area contributed by atoms with E-state index in [-0.39, 0.29) is 0 Å². The maximum absolute atomic E-state index is 10.6. The Balaban J connectivity index is 1.29. The first kappa shape index (κ1) is 26.0. The average molecular weight is 502 g/mol. The van der Waals surface area contributed by atoms with Crippen molar-refractivity contribution in [1.82, 2.24) is 0 Å². The van der Waals surface area contributed by atoms with Gasteiger partial charge in [0.2, 0.25) is 5.52 Å². The molecule has 0 atom stereocenters. The summed E-state index contributed by atoms with van der Waals surface area (Å²) in [6.45, 7) is 1.03. The van der Waals surface area contributed by atoms with Gasteiger partial charge in [-0.25, -0.2) is 0 Å². The number of carboxylic acid groups (broad SMARTS) is 1. The molecule has 4 nitrogen and oxygen atoms in total. The van der Waals surface area contributed by atoms with Gasteiger partial charge in [-0.2, -0.15) is 4.57 Å². The van der Waals surface area contributed by atoms with Crippen molar-refractivity contribution in [3.05, 3.63) is 83.5 Å². The molecule has 0 radical (unpaired) electrons. The quantitative estimate of drug-likeness (QED) is 0.192. The molecule has 4 rings (SSSR count). The van der Waals surface area contributed by atoms with E-state index in [4.69, 9.17) is 5.11 Å². The molecule has 2 aromatic carbocycles. The van der Waals surface area contributed by atoms with E-state index >= 15 is 0 Å². The highest BCUT2D eigenvalue weighted by molar-refractivity contribution is 8.03. The Labute approximate surface area is 219 Å². The second kappa shape index (κ2) is 13.3. The smallest absolute Gasteiger partial charge is 0.303 e. The monoisotopic (exact) mass is 501 g/mol. The summed E-state index contributed by atoms with van der Waals surface area (Å²) in [6, 6.07) is 19.4. The Morgan fingerprint density at radius 2 is 1.61 bits per heavy atom. The van der Waals surface area contributed by atoms with E-state index in [2.05, 4.69) is 95.5 Å². The molecule has 0 spiro atoms. The van der Waals surface area contributed by atoms with Crippen molar-refractivity contribution in [1.29, 1.82) is 0 Å². The van der Waals surface area contributed by atoms with Gasteiger partial charge in [0.15, 0.2) is 6.20 Å². The number of fused-ring (bicyclic) bond motifs is 2. The Bertz CT molecular complexity index is 1230. The number of carbonyl (C=O) groups is 1. The third-order valence-electron chi connectivity index (χ3n) is 6.78. The van der Waals surface area contributed by atoms with Crippen LogP contribution < -0.4 is 9.47 Å². The zero-order chi connectivity index (χ0) is 25.2. The van der Waals surface area contributed by atoms with Gasteiger partial charge in [0.05, 0.1) is 16.1 Å². The first-order valence-corrected chi connectivity index (χ1v) is 14.0. The van der Waals surface area contributed by atoms with Crippen LogP contribution in [0.5, 0.6) is 0 Å². The summed E-state index contributed by atoms with van der Waals surface area (Å²) < 4.78 is 2.38. The summed E-state index contributed by atoms with van der Waals surface area (Å²) in [5.74, 6) is -0.677. The molecule has 2 heterocycles. The summed E-state index contributed by atoms with van der Waals surface area (Å²) in [6.07, 6.45) is 18.2. The number of carboxylic acids is 1. The highest BCUT2D eigenvalue weighted by atomic mass is 32.2. The standard InChI is InChI=1S/C31H36N2O2S/c1-32-28-18-11-12-19-29(28)36-30(32)20-14-15-25-22-24-33(27-17-10-9-16-26(25)27)23-13-7-5-3-2-4-6-8-21-31(34)35/h9-12,14-20,22,24H,2-8,13,21,23H2,1H3/p+1. The van der Waals surface area contributed by atoms with Gasteiger partial charge in [0.1, 0.15) is 6.54 Å². The number of para-hydroxylation sites is 2. The first-order chi connectivity index (χ1) is 17.6. The van der Waals surface area contributed by atoms with E-state index in [9.17, 15) is 4.79 Å². The van der Waals surface area contributed by atoms with Gasteiger partial charge in [0.25, 0.3) is 0 Å². The molecule has 1 aromatic heterocycles. The lowest BCUT2D eigenvalue weighted by atomic mass is 10.1. The van der Waals surface area contributed by atoms with Crippen LogP contribution in [0.2, 0.25) is 0 Å². The number of thioether (sulfide) groups is 1. The van der Waals surface area contributed by atoms with Gasteiger partial charge in [-0.3, -0.25) is 4.79 Å². The third-order valence-corrected chi connectivity index (χ3v) is 7.97. The van der Waals surface area contributed by atoms with Gasteiger partial charge in [-0.05, 0) is 42.7 Å². The van der Waals surface area contributed by atoms with Crippen LogP contribution in [-0.2, 0) is 11.3 Å². The number of unbranched alkanes of at least 4 members (excludes halogenated alkanes) is 7. The van der Waals surface area contributed by atoms with Crippen molar-refractivity contribution in [2.75, 3.05) is 11.9 Å². The molecule has 0 aliphatic carbocycles. The van der Waals surface area contributed by atoms with Crippen LogP contribution in [0.1, 0.15) is 63.4 Å². The second-order valence-corrected chi connectivity index (χ2v) is 10.5. The lowest BCUT2D eigenvalue weighted by Gasteiger charge is -2.12. The molecule has 188 valence electrons. The molecule has 0 fully saturated rings. The number of hydrogen-bond acceptors (Lipinski definition) is 3. The summed E-state index contributed by atoms with van der Waals surface area (Å²) in [5.41, 5.74) is 3.79. The molecular formula is C31H37N2O2S+. The molecule has 0 unspecified atom stereocenters. The molecule has 1 aliphatic heterocycles. The molecule has 0 bridgehead atoms. The van der Waals surface area contributed by atoms with Gasteiger partial charge >= 0.3 is 5.97 Å². The number of aliphatic carboxylic acids is 1. The number of rotatable bonds is 13. The van der Waals surface area contributed by atoms with Crippen LogP contribution in [0.3, 0.4) is 0 Å². The molecular weight excluding hydrogens is 464 g/mol. The van der Waals surface area contributed by atoms with Crippen molar-refractivity contribution >= 4 is 40.4 Å². The SMILES string of the molecule is CN1C(=CC=Cc2cc[n+](CCCCCCCCCCC(=O)O)c3ccccc23)Sc2ccccc21. The van der Waals surface area contributed by atoms with Crippen molar-refractivity contribution < 1.29 is 14.5 Å². The van der Waals surface area contributed by atoms with E-state index in [1.54, 1.807) is 0 Å². The highest BCUT2D eigenvalue weighted by Crippen LogP contribution is 2.44. The summed E-state index contributed by atoms with van der Waals surface area (Å²) in [7, 11) is 2.13. The van der Waals surface area contributed by atoms with Crippen LogP contribution in [0, 0.1) is 0 Å². The fourth-order valence-corrected chi connectivity index (χ4v) is 5.83. The molecule has 0 saturated carbocycles. The largest absolute Gasteiger partial charge is 0.481 e. The van der Waals surface area contributed by atoms with Crippen molar-refractivity contribution in [3.63, 3.8) is 0 Å². The van der Waals surface area contributed by atoms with Crippen LogP contribution in [0.15, 0.2) is 82.9 Å². The number of nitrogens with zero attached hydrogens (tertiary/aromatic N) is 2. The number of benzene rings is 2. The van der Waals surface area contributed by atoms with Crippen molar-refractivity contribution in [3.8, 4) is 0 Å². The minimum Gasteiger partial charge on any atom is -0.481 e. The fraction of sp³-hybridized carbons (Fsp3) is 0.355. The number of pyridine rings is 1. The van der Waals surface area contributed by atoms with E-state index in [1.807, 2.05) is 11.8 Å². The summed E-state index contributed by atoms with van der Waals surface area (Å²) in [5, 5.41) is 11.2. The summed E-state index contributed by atoms with van der Waals surface area (Å²) >= 11 is 1.82. The van der Waals surface area contributed by atoms with E-state index in [1.165, 1.54) is 64.2 Å². The third kappa shape index (κ3) is 7.01. The maximum atomic E-state index is 10.6. The fourth-order valence-electron chi connectivity index (χ4n) is 4.77. The molecule has 5 heteroatoms. The lowest BCUT2D eigenvalue weighted by molar-refractivity contribution is -0.671. The Morgan fingerprint density at radius 3 is 2.39 bits per heavy atom. The number of allylic oxidation sites excluding steroid dienone is 2. The van der Waals surface area contributed by atoms with Gasteiger partial charge in [0, 0.05) is 36.9 Å². The van der Waals surface area contributed by atoms with Crippen molar-refractivity contribution in [2.24, 2.45) is 0 Å². The molecule has 0 amide bonds. The van der Waals surface area contributed by atoms with Crippen LogP contribution in [-0.4, -0.2) is 18.1 Å². The molecule has 3 aromatic rings. The minimum atomic E-state index is -0.677. The zero-order valence-corrected chi connectivity index (χ0v) is 22.1. The molecule has 0 saturated heterocycles. The zero-order valence-electron chi connectivity index (χ0n) is 21.2. The maximum Gasteiger partial charge on any atom is 0.303 e. The number of hydrogen-bond donors (Lipinski definition) is 1. The first-order valence-electron chi connectivity index (χ1n) is 13.2. The van der Waals surface area contributed by atoms with E-state index < -0.39 is 5.97 Å². The number of aromatic nitrogens is 1. The lowest BCUT2D eigenvalue weighted by Crippen LogP contribution is -2.34. The van der Waals surface area contributed by atoms with Crippen LogP contribution >= 0.6 is 11.8 Å². The second-order valence-electron chi connectivity index (χ2n) is 9.45. The Kier molecular flexibility index (Phi) is 9.62. The summed E-state index contributed by atoms with van der Waals surface area (Å²) in [4.78, 5) is 14.1. The normalized spacial score (nSPS) is 14.2. The number of aryl methyl sites for hydroxylation is 1. The minimum absolute atomic E-state index is 0.308. The molecule has 1 N–H and O–H groups in total. The molecule has 1 aliphatic rings.